The number of rotatable bonds is 5. The second kappa shape index (κ2) is 6.33. The van der Waals surface area contributed by atoms with Crippen molar-refractivity contribution < 1.29 is 9.59 Å². The van der Waals surface area contributed by atoms with Crippen LogP contribution in [0.3, 0.4) is 0 Å². The highest BCUT2D eigenvalue weighted by atomic mass is 16.2. The Morgan fingerprint density at radius 2 is 2.06 bits per heavy atom. The van der Waals surface area contributed by atoms with Crippen LogP contribution >= 0.6 is 0 Å². The molecule has 0 spiro atoms. The van der Waals surface area contributed by atoms with Crippen LogP contribution in [0.5, 0.6) is 0 Å². The average molecular weight is 251 g/mol. The number of amidine groups is 1. The molecule has 0 aromatic heterocycles. The summed E-state index contributed by atoms with van der Waals surface area (Å²) >= 11 is 0. The van der Waals surface area contributed by atoms with Crippen molar-refractivity contribution in [2.45, 2.75) is 45.4 Å². The molecular weight excluding hydrogens is 230 g/mol. The zero-order valence-corrected chi connectivity index (χ0v) is 10.8. The minimum atomic E-state index is -0.571. The first-order chi connectivity index (χ1) is 8.49. The van der Waals surface area contributed by atoms with Crippen LogP contribution in [-0.2, 0) is 9.59 Å². The number of hydrogen-bond acceptors (Lipinski definition) is 4. The molecule has 5 nitrogen and oxygen atoms in total. The van der Waals surface area contributed by atoms with E-state index in [1.54, 1.807) is 0 Å². The van der Waals surface area contributed by atoms with Crippen molar-refractivity contribution in [2.24, 2.45) is 17.4 Å². The molecule has 1 fully saturated rings. The molecule has 1 rings (SSSR count). The van der Waals surface area contributed by atoms with Gasteiger partial charge in [-0.15, -0.1) is 0 Å². The molecule has 1 saturated carbocycles. The lowest BCUT2D eigenvalue weighted by Gasteiger charge is -2.21. The van der Waals surface area contributed by atoms with E-state index in [1.165, 1.54) is 0 Å². The molecular formula is C13H21N3O2. The maximum absolute atomic E-state index is 12.3. The number of hydrogen-bond donors (Lipinski definition) is 3. The van der Waals surface area contributed by atoms with E-state index < -0.39 is 5.92 Å². The molecule has 0 amide bonds. The van der Waals surface area contributed by atoms with E-state index in [4.69, 9.17) is 16.9 Å². The number of Topliss-reactive ketones (excluding diaryl/α,β-unsaturated/α-hetero) is 2. The van der Waals surface area contributed by atoms with Crippen LogP contribution in [0.15, 0.2) is 11.3 Å². The smallest absolute Gasteiger partial charge is 0.171 e. The minimum absolute atomic E-state index is 0.00351. The van der Waals surface area contributed by atoms with Crippen LogP contribution in [0.2, 0.25) is 0 Å². The van der Waals surface area contributed by atoms with E-state index in [0.29, 0.717) is 24.8 Å². The van der Waals surface area contributed by atoms with Gasteiger partial charge in [-0.1, -0.05) is 19.8 Å². The van der Waals surface area contributed by atoms with Gasteiger partial charge < -0.3 is 11.5 Å². The third kappa shape index (κ3) is 3.18. The quantitative estimate of drug-likeness (QED) is 0.296. The van der Waals surface area contributed by atoms with Crippen LogP contribution in [-0.4, -0.2) is 17.4 Å². The molecule has 100 valence electrons. The van der Waals surface area contributed by atoms with Crippen molar-refractivity contribution in [3.05, 3.63) is 11.3 Å². The molecule has 0 radical (unpaired) electrons. The zero-order chi connectivity index (χ0) is 13.7. The number of nitrogens with one attached hydrogen (secondary N) is 1. The van der Waals surface area contributed by atoms with Gasteiger partial charge in [0.15, 0.2) is 5.78 Å². The fourth-order valence-corrected chi connectivity index (χ4v) is 2.27. The summed E-state index contributed by atoms with van der Waals surface area (Å²) in [6.45, 7) is 1.92. The largest absolute Gasteiger partial charge is 0.395 e. The molecule has 5 N–H and O–H groups in total. The van der Waals surface area contributed by atoms with Crippen molar-refractivity contribution in [3.63, 3.8) is 0 Å². The van der Waals surface area contributed by atoms with E-state index in [1.807, 2.05) is 6.92 Å². The summed E-state index contributed by atoms with van der Waals surface area (Å²) in [6.07, 6.45) is 4.01. The molecule has 1 aliphatic rings. The van der Waals surface area contributed by atoms with Crippen LogP contribution in [0, 0.1) is 11.3 Å². The molecule has 1 aliphatic carbocycles. The van der Waals surface area contributed by atoms with E-state index in [0.717, 1.165) is 19.3 Å². The van der Waals surface area contributed by atoms with Crippen LogP contribution < -0.4 is 11.5 Å². The number of allylic oxidation sites excluding steroid dienone is 1. The topological polar surface area (TPSA) is 110 Å². The van der Waals surface area contributed by atoms with E-state index in [-0.39, 0.29) is 23.1 Å². The zero-order valence-electron chi connectivity index (χ0n) is 10.8. The van der Waals surface area contributed by atoms with E-state index >= 15 is 0 Å². The first-order valence-corrected chi connectivity index (χ1v) is 6.39. The van der Waals surface area contributed by atoms with Crippen molar-refractivity contribution in [1.29, 1.82) is 5.41 Å². The van der Waals surface area contributed by atoms with Gasteiger partial charge in [0.05, 0.1) is 11.6 Å². The van der Waals surface area contributed by atoms with Crippen molar-refractivity contribution in [2.75, 3.05) is 0 Å². The highest BCUT2D eigenvalue weighted by Gasteiger charge is 2.31. The van der Waals surface area contributed by atoms with Gasteiger partial charge in [-0.05, 0) is 19.3 Å². The van der Waals surface area contributed by atoms with Gasteiger partial charge in [0, 0.05) is 12.0 Å². The fourth-order valence-electron chi connectivity index (χ4n) is 2.27. The Hall–Kier alpha value is -1.65. The van der Waals surface area contributed by atoms with Crippen molar-refractivity contribution in [3.8, 4) is 0 Å². The molecule has 0 unspecified atom stereocenters. The Balaban J connectivity index is 2.99. The third-order valence-corrected chi connectivity index (χ3v) is 3.28. The molecule has 18 heavy (non-hydrogen) atoms. The SMILES string of the molecule is CCC/C(C(=O)[C@H]1CCCCC1=O)=C(/N)C(=N)N. The summed E-state index contributed by atoms with van der Waals surface area (Å²) in [5, 5.41) is 7.32. The molecule has 0 aromatic rings. The number of nitrogens with two attached hydrogens (primary N) is 2. The normalized spacial score (nSPS) is 21.4. The lowest BCUT2D eigenvalue weighted by atomic mass is 9.81. The monoisotopic (exact) mass is 251 g/mol. The van der Waals surface area contributed by atoms with Gasteiger partial charge >= 0.3 is 0 Å². The summed E-state index contributed by atoms with van der Waals surface area (Å²) in [6, 6.07) is 0. The third-order valence-electron chi connectivity index (χ3n) is 3.28. The summed E-state index contributed by atoms with van der Waals surface area (Å²) < 4.78 is 0. The lowest BCUT2D eigenvalue weighted by Crippen LogP contribution is -2.32. The number of carbonyl (C=O) groups excluding carboxylic acids is 2. The molecule has 5 heteroatoms. The molecule has 0 aromatic carbocycles. The van der Waals surface area contributed by atoms with Gasteiger partial charge in [0.2, 0.25) is 0 Å². The predicted molar refractivity (Wildman–Crippen MR) is 70.0 cm³/mol. The Kier molecular flexibility index (Phi) is 5.07. The molecule has 1 atom stereocenters. The van der Waals surface area contributed by atoms with Crippen LogP contribution in [0.25, 0.3) is 0 Å². The second-order valence-corrected chi connectivity index (χ2v) is 4.68. The molecule has 0 saturated heterocycles. The Morgan fingerprint density at radius 1 is 1.39 bits per heavy atom. The molecule has 0 bridgehead atoms. The van der Waals surface area contributed by atoms with Gasteiger partial charge in [-0.2, -0.15) is 0 Å². The van der Waals surface area contributed by atoms with Crippen molar-refractivity contribution >= 4 is 17.4 Å². The van der Waals surface area contributed by atoms with E-state index in [2.05, 4.69) is 0 Å². The summed E-state index contributed by atoms with van der Waals surface area (Å²) in [5.41, 5.74) is 11.4. The average Bonchev–Trinajstić information content (AvgIpc) is 2.35. The number of carbonyl (C=O) groups is 2. The van der Waals surface area contributed by atoms with Gasteiger partial charge in [-0.25, -0.2) is 0 Å². The summed E-state index contributed by atoms with van der Waals surface area (Å²) in [5.74, 6) is -1.10. The maximum Gasteiger partial charge on any atom is 0.171 e. The highest BCUT2D eigenvalue weighted by Crippen LogP contribution is 2.26. The Bertz CT molecular complexity index is 399. The predicted octanol–water partition coefficient (Wildman–Crippen LogP) is 1.26. The Labute approximate surface area is 107 Å². The van der Waals surface area contributed by atoms with Gasteiger partial charge in [-0.3, -0.25) is 15.0 Å². The fraction of sp³-hybridized carbons (Fsp3) is 0.615. The van der Waals surface area contributed by atoms with Gasteiger partial charge in [0.1, 0.15) is 11.6 Å². The first kappa shape index (κ1) is 14.4. The standard InChI is InChI=1S/C13H21N3O2/c1-2-5-9(11(14)13(15)16)12(18)8-6-3-4-7-10(8)17/h8H,2-7,14H2,1H3,(H3,15,16)/b11-9-/t8-/m0/s1. The van der Waals surface area contributed by atoms with Crippen LogP contribution in [0.1, 0.15) is 45.4 Å². The van der Waals surface area contributed by atoms with Crippen molar-refractivity contribution in [1.82, 2.24) is 0 Å². The van der Waals surface area contributed by atoms with Crippen LogP contribution in [0.4, 0.5) is 0 Å². The molecule has 0 aliphatic heterocycles. The number of ketones is 2. The summed E-state index contributed by atoms with van der Waals surface area (Å²) in [7, 11) is 0. The second-order valence-electron chi connectivity index (χ2n) is 4.68. The molecule has 0 heterocycles. The summed E-state index contributed by atoms with van der Waals surface area (Å²) in [4.78, 5) is 24.1. The maximum atomic E-state index is 12.3. The lowest BCUT2D eigenvalue weighted by molar-refractivity contribution is -0.132. The van der Waals surface area contributed by atoms with E-state index in [9.17, 15) is 9.59 Å². The first-order valence-electron chi connectivity index (χ1n) is 6.39. The highest BCUT2D eigenvalue weighted by molar-refractivity contribution is 6.14. The Morgan fingerprint density at radius 3 is 2.56 bits per heavy atom. The minimum Gasteiger partial charge on any atom is -0.395 e. The van der Waals surface area contributed by atoms with Gasteiger partial charge in [0.25, 0.3) is 0 Å².